The third kappa shape index (κ3) is 10.5. The molecule has 46 heavy (non-hydrogen) atoms. The van der Waals surface area contributed by atoms with Crippen molar-refractivity contribution in [2.45, 2.75) is 57.1 Å². The molecule has 3 aromatic rings. The first-order chi connectivity index (χ1) is 22.3. The summed E-state index contributed by atoms with van der Waals surface area (Å²) in [6.07, 6.45) is 1.39. The average Bonchev–Trinajstić information content (AvgIpc) is 3.08. The van der Waals surface area contributed by atoms with Crippen LogP contribution in [-0.2, 0) is 30.5 Å². The zero-order valence-corrected chi connectivity index (χ0v) is 28.2. The van der Waals surface area contributed by atoms with E-state index in [9.17, 15) is 24.0 Å². The van der Waals surface area contributed by atoms with Crippen LogP contribution in [0.1, 0.15) is 65.3 Å². The molecule has 0 spiro atoms. The van der Waals surface area contributed by atoms with Crippen LogP contribution < -0.4 is 9.78 Å². The summed E-state index contributed by atoms with van der Waals surface area (Å²) in [5.41, 5.74) is 2.07. The standard InChI is InChI=1S/C36H37NO7SSe/c1-25-33(40)28-17-10-11-18-29(28)34(41)35(25)45-22-20-32(39)44-30(24-46-27-15-7-3-8-16-27)36(42)37-21-12-4-9-19-31(38)43-23-26-13-5-2-6-14-26/h2-3,5-8,10-11,13-18,30H,4,9,12,19-24H2,1H3,(H,37,42). The normalized spacial score (nSPS) is 13.2. The summed E-state index contributed by atoms with van der Waals surface area (Å²) >= 11 is 1.06. The van der Waals surface area contributed by atoms with Gasteiger partial charge in [-0.2, -0.15) is 0 Å². The summed E-state index contributed by atoms with van der Waals surface area (Å²) in [5, 5.41) is 3.25. The summed E-state index contributed by atoms with van der Waals surface area (Å²) < 4.78 is 12.0. The Labute approximate surface area is 279 Å². The number of thioether (sulfide) groups is 1. The van der Waals surface area contributed by atoms with Crippen LogP contribution in [0.5, 0.6) is 0 Å². The van der Waals surface area contributed by atoms with Gasteiger partial charge in [0, 0.05) is 0 Å². The van der Waals surface area contributed by atoms with E-state index < -0.39 is 12.1 Å². The van der Waals surface area contributed by atoms with Crippen LogP contribution in [0.15, 0.2) is 95.4 Å². The Hall–Kier alpha value is -3.98. The van der Waals surface area contributed by atoms with Crippen molar-refractivity contribution in [1.29, 1.82) is 0 Å². The number of fused-ring (bicyclic) bond motifs is 1. The number of ether oxygens (including phenoxy) is 2. The van der Waals surface area contributed by atoms with Crippen molar-refractivity contribution in [1.82, 2.24) is 5.32 Å². The van der Waals surface area contributed by atoms with Gasteiger partial charge in [-0.25, -0.2) is 0 Å². The van der Waals surface area contributed by atoms with Gasteiger partial charge in [0.15, 0.2) is 0 Å². The molecule has 240 valence electrons. The first-order valence-corrected chi connectivity index (χ1v) is 18.3. The molecule has 3 aromatic carbocycles. The van der Waals surface area contributed by atoms with Gasteiger partial charge in [-0.3, -0.25) is 0 Å². The number of rotatable bonds is 17. The second-order valence-electron chi connectivity index (χ2n) is 10.6. The Kier molecular flexibility index (Phi) is 13.8. The van der Waals surface area contributed by atoms with Gasteiger partial charge in [-0.1, -0.05) is 36.4 Å². The zero-order chi connectivity index (χ0) is 32.7. The molecule has 1 amide bonds. The van der Waals surface area contributed by atoms with Crippen LogP contribution in [0.2, 0.25) is 5.32 Å². The molecule has 10 heteroatoms. The Bertz CT molecular complexity index is 1560. The summed E-state index contributed by atoms with van der Waals surface area (Å²) in [6, 6.07) is 26.0. The van der Waals surface area contributed by atoms with Gasteiger partial charge in [-0.05, 0) is 5.56 Å². The summed E-state index contributed by atoms with van der Waals surface area (Å²) in [4.78, 5) is 64.0. The minimum absolute atomic E-state index is 0.0208. The number of unbranched alkanes of at least 4 members (excludes halogenated alkanes) is 2. The van der Waals surface area contributed by atoms with Crippen molar-refractivity contribution in [2.24, 2.45) is 0 Å². The maximum atomic E-state index is 13.1. The van der Waals surface area contributed by atoms with Gasteiger partial charge >= 0.3 is 239 Å². The molecule has 4 rings (SSSR count). The number of carbonyl (C=O) groups excluding carboxylic acids is 5. The minimum atomic E-state index is -0.948. The summed E-state index contributed by atoms with van der Waals surface area (Å²) in [5.74, 6) is -1.33. The van der Waals surface area contributed by atoms with E-state index in [1.165, 1.54) is 0 Å². The van der Waals surface area contributed by atoms with E-state index in [0.717, 1.165) is 28.2 Å². The molecule has 0 aromatic heterocycles. The molecule has 1 aliphatic carbocycles. The molecule has 1 atom stereocenters. The average molecular weight is 707 g/mol. The van der Waals surface area contributed by atoms with Crippen LogP contribution in [-0.4, -0.2) is 62.8 Å². The quantitative estimate of drug-likeness (QED) is 0.115. The number of carbonyl (C=O) groups is 5. The number of hydrogen-bond acceptors (Lipinski definition) is 8. The van der Waals surface area contributed by atoms with Crippen molar-refractivity contribution >= 4 is 60.6 Å². The van der Waals surface area contributed by atoms with E-state index in [-0.39, 0.29) is 57.2 Å². The predicted molar refractivity (Wildman–Crippen MR) is 179 cm³/mol. The molecule has 0 saturated heterocycles. The molecule has 1 aliphatic rings. The number of ketones is 2. The van der Waals surface area contributed by atoms with Gasteiger partial charge in [0.05, 0.1) is 0 Å². The van der Waals surface area contributed by atoms with Gasteiger partial charge in [0.1, 0.15) is 0 Å². The molecular formula is C36H37NO7SSe. The summed E-state index contributed by atoms with van der Waals surface area (Å²) in [7, 11) is 0. The molecule has 0 fully saturated rings. The van der Waals surface area contributed by atoms with Crippen molar-refractivity contribution in [3.63, 3.8) is 0 Å². The van der Waals surface area contributed by atoms with Crippen molar-refractivity contribution < 1.29 is 33.4 Å². The molecule has 8 nitrogen and oxygen atoms in total. The van der Waals surface area contributed by atoms with E-state index in [0.29, 0.717) is 52.7 Å². The van der Waals surface area contributed by atoms with E-state index in [4.69, 9.17) is 9.47 Å². The molecule has 0 radical (unpaired) electrons. The zero-order valence-electron chi connectivity index (χ0n) is 25.7. The Balaban J connectivity index is 1.21. The molecular weight excluding hydrogens is 669 g/mol. The third-order valence-electron chi connectivity index (χ3n) is 7.17. The second-order valence-corrected chi connectivity index (χ2v) is 14.0. The van der Waals surface area contributed by atoms with E-state index in [1.807, 2.05) is 60.7 Å². The number of nitrogens with one attached hydrogen (secondary N) is 1. The number of hydrogen-bond donors (Lipinski definition) is 1. The molecule has 0 saturated carbocycles. The first-order valence-electron chi connectivity index (χ1n) is 15.2. The fraction of sp³-hybridized carbons (Fsp3) is 0.306. The van der Waals surface area contributed by atoms with Crippen LogP contribution in [0, 0.1) is 0 Å². The molecule has 0 heterocycles. The third-order valence-corrected chi connectivity index (χ3v) is 10.6. The molecule has 0 bridgehead atoms. The van der Waals surface area contributed by atoms with Gasteiger partial charge in [0.2, 0.25) is 0 Å². The topological polar surface area (TPSA) is 116 Å². The van der Waals surface area contributed by atoms with Crippen LogP contribution in [0.25, 0.3) is 0 Å². The number of allylic oxidation sites excluding steroid dienone is 2. The van der Waals surface area contributed by atoms with Crippen molar-refractivity contribution in [3.8, 4) is 0 Å². The molecule has 0 aliphatic heterocycles. The summed E-state index contributed by atoms with van der Waals surface area (Å²) in [6.45, 7) is 2.27. The maximum absolute atomic E-state index is 13.1. The fourth-order valence-corrected chi connectivity index (χ4v) is 7.60. The number of amides is 1. The Morgan fingerprint density at radius 3 is 2.15 bits per heavy atom. The van der Waals surface area contributed by atoms with Gasteiger partial charge in [0.25, 0.3) is 0 Å². The second kappa shape index (κ2) is 18.2. The van der Waals surface area contributed by atoms with Crippen molar-refractivity contribution in [3.05, 3.63) is 112 Å². The predicted octanol–water partition coefficient (Wildman–Crippen LogP) is 5.24. The fourth-order valence-electron chi connectivity index (χ4n) is 4.66. The monoisotopic (exact) mass is 707 g/mol. The SMILES string of the molecule is CC1=C(SCCC(=O)OC(C[Se]c2ccccc2)C(=O)NCCCCCC(=O)OCc2ccccc2)C(=O)c2ccccc2C1=O. The van der Waals surface area contributed by atoms with Crippen LogP contribution in [0.4, 0.5) is 0 Å². The van der Waals surface area contributed by atoms with Crippen molar-refractivity contribution in [2.75, 3.05) is 12.3 Å². The number of benzene rings is 3. The Morgan fingerprint density at radius 1 is 0.783 bits per heavy atom. The molecule has 1 unspecified atom stereocenters. The number of esters is 2. The molecule has 1 N–H and O–H groups in total. The number of Topliss-reactive ketones (excluding diaryl/α,β-unsaturated/α-hetero) is 2. The van der Waals surface area contributed by atoms with Gasteiger partial charge in [-0.15, -0.1) is 0 Å². The van der Waals surface area contributed by atoms with Gasteiger partial charge < -0.3 is 0 Å². The van der Waals surface area contributed by atoms with Crippen LogP contribution in [0.3, 0.4) is 0 Å². The Morgan fingerprint density at radius 2 is 1.43 bits per heavy atom. The van der Waals surface area contributed by atoms with E-state index in [1.54, 1.807) is 31.2 Å². The van der Waals surface area contributed by atoms with Crippen LogP contribution >= 0.6 is 11.8 Å². The van der Waals surface area contributed by atoms with E-state index in [2.05, 4.69) is 5.32 Å². The van der Waals surface area contributed by atoms with E-state index >= 15 is 0 Å². The first kappa shape index (κ1) is 34.9.